The van der Waals surface area contributed by atoms with E-state index >= 15 is 0 Å². The predicted molar refractivity (Wildman–Crippen MR) is 107 cm³/mol. The Morgan fingerprint density at radius 2 is 2.04 bits per heavy atom. The summed E-state index contributed by atoms with van der Waals surface area (Å²) in [5, 5.41) is 7.04. The minimum atomic E-state index is -3.30. The van der Waals surface area contributed by atoms with Gasteiger partial charge in [0.2, 0.25) is 15.9 Å². The van der Waals surface area contributed by atoms with Gasteiger partial charge in [-0.15, -0.1) is 0 Å². The van der Waals surface area contributed by atoms with Crippen molar-refractivity contribution in [2.24, 2.45) is 4.99 Å². The molecule has 0 bridgehead atoms. The van der Waals surface area contributed by atoms with Crippen molar-refractivity contribution in [2.45, 2.75) is 40.2 Å². The molecule has 11 heteroatoms. The molecule has 0 aromatic carbocycles. The molecular formula is C17H32N6O4S. The van der Waals surface area contributed by atoms with Gasteiger partial charge in [-0.1, -0.05) is 5.16 Å². The van der Waals surface area contributed by atoms with Crippen LogP contribution in [0.4, 0.5) is 0 Å². The van der Waals surface area contributed by atoms with Crippen LogP contribution in [0.3, 0.4) is 0 Å². The standard InChI is InChI=1S/C17H32N6O4S/c1-5-18-17(19-7-6-16-20-15(4)21-27-16)22-8-10-23(11-9-22)28(24,25)13-12-26-14(2)3/h14H,5-13H2,1-4H3,(H,18,19). The van der Waals surface area contributed by atoms with Crippen LogP contribution in [0.1, 0.15) is 32.5 Å². The highest BCUT2D eigenvalue weighted by atomic mass is 32.2. The van der Waals surface area contributed by atoms with Gasteiger partial charge in [-0.05, 0) is 27.7 Å². The average Bonchev–Trinajstić information content (AvgIpc) is 3.06. The maximum Gasteiger partial charge on any atom is 0.228 e. The summed E-state index contributed by atoms with van der Waals surface area (Å²) in [5.74, 6) is 1.97. The molecule has 0 aliphatic carbocycles. The summed E-state index contributed by atoms with van der Waals surface area (Å²) in [6, 6.07) is 0. The number of sulfonamides is 1. The Bertz CT molecular complexity index is 726. The molecule has 0 radical (unpaired) electrons. The van der Waals surface area contributed by atoms with E-state index in [2.05, 4.69) is 25.3 Å². The van der Waals surface area contributed by atoms with Gasteiger partial charge in [-0.25, -0.2) is 8.42 Å². The first kappa shape index (κ1) is 22.6. The number of aryl methyl sites for hydroxylation is 1. The second-order valence-electron chi connectivity index (χ2n) is 6.84. The molecule has 0 spiro atoms. The normalized spacial score (nSPS) is 16.8. The largest absolute Gasteiger partial charge is 0.378 e. The maximum absolute atomic E-state index is 12.5. The van der Waals surface area contributed by atoms with E-state index in [9.17, 15) is 8.42 Å². The number of nitrogens with one attached hydrogen (secondary N) is 1. The molecule has 1 fully saturated rings. The SMILES string of the molecule is CCNC(=NCCc1nc(C)no1)N1CCN(S(=O)(=O)CCOC(C)C)CC1. The molecule has 0 atom stereocenters. The number of hydrogen-bond acceptors (Lipinski definition) is 7. The summed E-state index contributed by atoms with van der Waals surface area (Å²) in [5.41, 5.74) is 0. The quantitative estimate of drug-likeness (QED) is 0.450. The molecule has 2 heterocycles. The van der Waals surface area contributed by atoms with Crippen LogP contribution in [0.2, 0.25) is 0 Å². The molecule has 10 nitrogen and oxygen atoms in total. The van der Waals surface area contributed by atoms with Crippen molar-refractivity contribution in [3.63, 3.8) is 0 Å². The van der Waals surface area contributed by atoms with E-state index in [1.807, 2.05) is 20.8 Å². The molecule has 1 aromatic rings. The van der Waals surface area contributed by atoms with Crippen LogP contribution in [0.25, 0.3) is 0 Å². The predicted octanol–water partition coefficient (Wildman–Crippen LogP) is 0.258. The van der Waals surface area contributed by atoms with E-state index in [0.717, 1.165) is 12.5 Å². The number of aromatic nitrogens is 2. The molecule has 0 unspecified atom stereocenters. The van der Waals surface area contributed by atoms with E-state index < -0.39 is 10.0 Å². The van der Waals surface area contributed by atoms with E-state index in [4.69, 9.17) is 9.26 Å². The van der Waals surface area contributed by atoms with Crippen LogP contribution in [-0.4, -0.2) is 91.5 Å². The number of hydrogen-bond donors (Lipinski definition) is 1. The lowest BCUT2D eigenvalue weighted by Gasteiger charge is -2.35. The third-order valence-electron chi connectivity index (χ3n) is 4.22. The lowest BCUT2D eigenvalue weighted by atomic mass is 10.4. The van der Waals surface area contributed by atoms with Gasteiger partial charge in [0.1, 0.15) is 0 Å². The Morgan fingerprint density at radius 3 is 2.61 bits per heavy atom. The van der Waals surface area contributed by atoms with Gasteiger partial charge in [0.25, 0.3) is 0 Å². The van der Waals surface area contributed by atoms with E-state index in [-0.39, 0.29) is 18.5 Å². The lowest BCUT2D eigenvalue weighted by molar-refractivity contribution is 0.0904. The van der Waals surface area contributed by atoms with Gasteiger partial charge in [-0.3, -0.25) is 4.99 Å². The highest BCUT2D eigenvalue weighted by Gasteiger charge is 2.28. The average molecular weight is 417 g/mol. The summed E-state index contributed by atoms with van der Waals surface area (Å²) in [4.78, 5) is 10.9. The smallest absolute Gasteiger partial charge is 0.228 e. The Morgan fingerprint density at radius 1 is 1.32 bits per heavy atom. The van der Waals surface area contributed by atoms with Gasteiger partial charge in [0.15, 0.2) is 11.8 Å². The minimum Gasteiger partial charge on any atom is -0.378 e. The van der Waals surface area contributed by atoms with Crippen molar-refractivity contribution >= 4 is 16.0 Å². The fourth-order valence-electron chi connectivity index (χ4n) is 2.82. The summed E-state index contributed by atoms with van der Waals surface area (Å²) >= 11 is 0. The molecule has 1 saturated heterocycles. The van der Waals surface area contributed by atoms with Crippen LogP contribution in [-0.2, 0) is 21.2 Å². The zero-order chi connectivity index (χ0) is 20.6. The van der Waals surface area contributed by atoms with Crippen LogP contribution in [0.5, 0.6) is 0 Å². The summed E-state index contributed by atoms with van der Waals surface area (Å²) in [6.07, 6.45) is 0.599. The molecule has 1 aromatic heterocycles. The number of aliphatic imine (C=N–C) groups is 1. The number of piperazine rings is 1. The first-order chi connectivity index (χ1) is 13.3. The van der Waals surface area contributed by atoms with Crippen LogP contribution in [0, 0.1) is 6.92 Å². The number of rotatable bonds is 9. The second-order valence-corrected chi connectivity index (χ2v) is 8.93. The highest BCUT2D eigenvalue weighted by Crippen LogP contribution is 2.09. The molecule has 28 heavy (non-hydrogen) atoms. The first-order valence-corrected chi connectivity index (χ1v) is 11.3. The summed E-state index contributed by atoms with van der Waals surface area (Å²) < 4.78 is 36.9. The molecular weight excluding hydrogens is 384 g/mol. The Kier molecular flexibility index (Phi) is 8.64. The zero-order valence-corrected chi connectivity index (χ0v) is 18.0. The van der Waals surface area contributed by atoms with E-state index in [1.165, 1.54) is 4.31 Å². The summed E-state index contributed by atoms with van der Waals surface area (Å²) in [6.45, 7) is 11.1. The van der Waals surface area contributed by atoms with E-state index in [1.54, 1.807) is 6.92 Å². The molecule has 1 aliphatic rings. The van der Waals surface area contributed by atoms with Crippen LogP contribution < -0.4 is 5.32 Å². The number of nitrogens with zero attached hydrogens (tertiary/aromatic N) is 5. The van der Waals surface area contributed by atoms with Crippen molar-refractivity contribution in [3.05, 3.63) is 11.7 Å². The van der Waals surface area contributed by atoms with Crippen molar-refractivity contribution in [2.75, 3.05) is 51.6 Å². The molecule has 160 valence electrons. The van der Waals surface area contributed by atoms with Gasteiger partial charge < -0.3 is 19.5 Å². The molecule has 2 rings (SSSR count). The zero-order valence-electron chi connectivity index (χ0n) is 17.2. The van der Waals surface area contributed by atoms with Gasteiger partial charge in [0.05, 0.1) is 25.0 Å². The molecule has 1 N–H and O–H groups in total. The fourth-order valence-corrected chi connectivity index (χ4v) is 4.11. The lowest BCUT2D eigenvalue weighted by Crippen LogP contribution is -2.54. The maximum atomic E-state index is 12.5. The third kappa shape index (κ3) is 7.02. The molecule has 0 amide bonds. The van der Waals surface area contributed by atoms with Crippen LogP contribution in [0.15, 0.2) is 9.52 Å². The topological polar surface area (TPSA) is 113 Å². The Balaban J connectivity index is 1.86. The Labute approximate surface area is 167 Å². The van der Waals surface area contributed by atoms with Crippen molar-refractivity contribution < 1.29 is 17.7 Å². The van der Waals surface area contributed by atoms with Gasteiger partial charge in [0, 0.05) is 39.1 Å². The Hall–Kier alpha value is -1.72. The molecule has 0 saturated carbocycles. The monoisotopic (exact) mass is 416 g/mol. The number of ether oxygens (including phenoxy) is 1. The molecule has 1 aliphatic heterocycles. The second kappa shape index (κ2) is 10.7. The van der Waals surface area contributed by atoms with Crippen LogP contribution >= 0.6 is 0 Å². The summed E-state index contributed by atoms with van der Waals surface area (Å²) in [7, 11) is -3.30. The van der Waals surface area contributed by atoms with Crippen molar-refractivity contribution in [1.29, 1.82) is 0 Å². The minimum absolute atomic E-state index is 0.0168. The third-order valence-corrected chi connectivity index (χ3v) is 6.05. The van der Waals surface area contributed by atoms with Crippen molar-refractivity contribution in [1.82, 2.24) is 24.7 Å². The van der Waals surface area contributed by atoms with Gasteiger partial charge >= 0.3 is 0 Å². The number of guanidine groups is 1. The first-order valence-electron chi connectivity index (χ1n) is 9.73. The van der Waals surface area contributed by atoms with Gasteiger partial charge in [-0.2, -0.15) is 9.29 Å². The van der Waals surface area contributed by atoms with Crippen molar-refractivity contribution in [3.8, 4) is 0 Å². The fraction of sp³-hybridized carbons (Fsp3) is 0.824. The highest BCUT2D eigenvalue weighted by molar-refractivity contribution is 7.89. The van der Waals surface area contributed by atoms with E-state index in [0.29, 0.717) is 50.9 Å².